The van der Waals surface area contributed by atoms with Gasteiger partial charge in [0.1, 0.15) is 6.61 Å². The maximum Gasteiger partial charge on any atom is 0.338 e. The average Bonchev–Trinajstić information content (AvgIpc) is 2.68. The number of phenolic OH excluding ortho intramolecular Hbond substituents is 1. The van der Waals surface area contributed by atoms with Gasteiger partial charge < -0.3 is 25.2 Å². The van der Waals surface area contributed by atoms with Gasteiger partial charge in [-0.1, -0.05) is 36.4 Å². The third-order valence-corrected chi connectivity index (χ3v) is 4.54. The van der Waals surface area contributed by atoms with E-state index in [-0.39, 0.29) is 12.4 Å². The van der Waals surface area contributed by atoms with Gasteiger partial charge in [-0.2, -0.15) is 0 Å². The lowest BCUT2D eigenvalue weighted by Crippen LogP contribution is -2.45. The van der Waals surface area contributed by atoms with E-state index in [0.29, 0.717) is 28.7 Å². The molecule has 0 aliphatic carbocycles. The Kier molecular flexibility index (Phi) is 6.16. The highest BCUT2D eigenvalue weighted by molar-refractivity contribution is 7.80. The third-order valence-electron chi connectivity index (χ3n) is 4.32. The fourth-order valence-electron chi connectivity index (χ4n) is 3.00. The molecular formula is C21H22N2O4S. The number of hydrogen-bond donors (Lipinski definition) is 3. The van der Waals surface area contributed by atoms with Gasteiger partial charge in [-0.15, -0.1) is 0 Å². The van der Waals surface area contributed by atoms with Gasteiger partial charge in [0, 0.05) is 5.70 Å². The minimum atomic E-state index is -0.517. The quantitative estimate of drug-likeness (QED) is 0.509. The Morgan fingerprint density at radius 2 is 1.96 bits per heavy atom. The Hall–Kier alpha value is -3.06. The summed E-state index contributed by atoms with van der Waals surface area (Å²) in [5, 5.41) is 16.5. The lowest BCUT2D eigenvalue weighted by molar-refractivity contribution is -0.140. The fraction of sp³-hybridized carbons (Fsp3) is 0.238. The van der Waals surface area contributed by atoms with Crippen molar-refractivity contribution in [2.24, 2.45) is 0 Å². The van der Waals surface area contributed by atoms with Crippen LogP contribution in [0.25, 0.3) is 0 Å². The van der Waals surface area contributed by atoms with Gasteiger partial charge >= 0.3 is 5.97 Å². The van der Waals surface area contributed by atoms with Gasteiger partial charge in [0.25, 0.3) is 0 Å². The highest BCUT2D eigenvalue weighted by Gasteiger charge is 2.31. The van der Waals surface area contributed by atoms with Gasteiger partial charge in [-0.05, 0) is 49.3 Å². The number of benzene rings is 2. The Balaban J connectivity index is 1.88. The summed E-state index contributed by atoms with van der Waals surface area (Å²) in [4.78, 5) is 12.9. The van der Waals surface area contributed by atoms with Crippen molar-refractivity contribution in [3.8, 4) is 11.5 Å². The summed E-state index contributed by atoms with van der Waals surface area (Å²) in [5.74, 6) is -0.0585. The van der Waals surface area contributed by atoms with Crippen LogP contribution in [0.4, 0.5) is 0 Å². The van der Waals surface area contributed by atoms with Crippen LogP contribution in [0.5, 0.6) is 11.5 Å². The number of ether oxygens (including phenoxy) is 2. The Morgan fingerprint density at radius 3 is 2.68 bits per heavy atom. The maximum absolute atomic E-state index is 12.9. The number of nitrogens with one attached hydrogen (secondary N) is 2. The van der Waals surface area contributed by atoms with E-state index in [4.69, 9.17) is 21.7 Å². The Morgan fingerprint density at radius 1 is 1.21 bits per heavy atom. The summed E-state index contributed by atoms with van der Waals surface area (Å²) in [6.45, 7) is 4.20. The fourth-order valence-corrected chi connectivity index (χ4v) is 3.27. The van der Waals surface area contributed by atoms with Gasteiger partial charge in [-0.25, -0.2) is 4.79 Å². The van der Waals surface area contributed by atoms with Gasteiger partial charge in [0.05, 0.1) is 18.2 Å². The largest absolute Gasteiger partial charge is 0.504 e. The molecule has 0 saturated heterocycles. The first-order chi connectivity index (χ1) is 13.5. The van der Waals surface area contributed by atoms with E-state index in [1.165, 1.54) is 6.07 Å². The molecule has 0 fully saturated rings. The molecule has 0 bridgehead atoms. The predicted octanol–water partition coefficient (Wildman–Crippen LogP) is 3.33. The molecule has 146 valence electrons. The summed E-state index contributed by atoms with van der Waals surface area (Å²) >= 11 is 5.26. The van der Waals surface area contributed by atoms with Gasteiger partial charge in [0.2, 0.25) is 0 Å². The molecule has 0 unspecified atom stereocenters. The highest BCUT2D eigenvalue weighted by Crippen LogP contribution is 2.34. The number of hydrogen-bond acceptors (Lipinski definition) is 5. The molecule has 0 saturated carbocycles. The number of thiocarbonyl (C=S) groups is 1. The zero-order valence-electron chi connectivity index (χ0n) is 15.7. The molecule has 3 rings (SSSR count). The molecule has 2 aromatic carbocycles. The lowest BCUT2D eigenvalue weighted by atomic mass is 9.95. The molecule has 1 aliphatic heterocycles. The molecular weight excluding hydrogens is 376 g/mol. The van der Waals surface area contributed by atoms with Crippen LogP contribution >= 0.6 is 12.2 Å². The van der Waals surface area contributed by atoms with E-state index in [9.17, 15) is 9.90 Å². The van der Waals surface area contributed by atoms with Crippen molar-refractivity contribution in [3.05, 3.63) is 70.9 Å². The summed E-state index contributed by atoms with van der Waals surface area (Å²) in [7, 11) is 0. The molecule has 0 spiro atoms. The molecule has 2 aromatic rings. The maximum atomic E-state index is 12.9. The third kappa shape index (κ3) is 4.43. The van der Waals surface area contributed by atoms with Gasteiger partial charge in [-0.3, -0.25) is 0 Å². The molecule has 1 atom stereocenters. The molecule has 0 amide bonds. The van der Waals surface area contributed by atoms with Crippen LogP contribution < -0.4 is 15.4 Å². The van der Waals surface area contributed by atoms with Crippen molar-refractivity contribution in [3.63, 3.8) is 0 Å². The number of esters is 1. The van der Waals surface area contributed by atoms with E-state index in [2.05, 4.69) is 10.6 Å². The number of phenols is 1. The molecule has 6 nitrogen and oxygen atoms in total. The summed E-state index contributed by atoms with van der Waals surface area (Å²) in [6.07, 6.45) is 0. The predicted molar refractivity (Wildman–Crippen MR) is 110 cm³/mol. The first kappa shape index (κ1) is 19.7. The zero-order valence-corrected chi connectivity index (χ0v) is 16.5. The summed E-state index contributed by atoms with van der Waals surface area (Å²) in [5.41, 5.74) is 2.69. The van der Waals surface area contributed by atoms with Crippen molar-refractivity contribution in [1.29, 1.82) is 0 Å². The molecule has 0 aromatic heterocycles. The second kappa shape index (κ2) is 8.75. The van der Waals surface area contributed by atoms with Crippen molar-refractivity contribution >= 4 is 23.3 Å². The molecule has 0 radical (unpaired) electrons. The number of allylic oxidation sites excluding steroid dienone is 1. The number of aromatic hydroxyl groups is 1. The zero-order chi connectivity index (χ0) is 20.1. The second-order valence-electron chi connectivity index (χ2n) is 6.29. The van der Waals surface area contributed by atoms with Crippen LogP contribution in [0.15, 0.2) is 59.8 Å². The van der Waals surface area contributed by atoms with Crippen LogP contribution in [0.2, 0.25) is 0 Å². The van der Waals surface area contributed by atoms with Crippen LogP contribution in [0.3, 0.4) is 0 Å². The standard InChI is InChI=1S/C21H22N2O4S/c1-3-26-17-11-15(9-10-16(17)24)19-18(13(2)22-21(28)23-19)20(25)27-12-14-7-5-4-6-8-14/h4-11,19,24H,3,12H2,1-2H3,(H2,22,23,28)/t19-/m1/s1. The molecule has 1 heterocycles. The first-order valence-corrected chi connectivity index (χ1v) is 9.35. The monoisotopic (exact) mass is 398 g/mol. The van der Waals surface area contributed by atoms with E-state index < -0.39 is 12.0 Å². The van der Waals surface area contributed by atoms with Crippen LogP contribution in [0, 0.1) is 0 Å². The van der Waals surface area contributed by atoms with Crippen molar-refractivity contribution in [2.75, 3.05) is 6.61 Å². The summed E-state index contributed by atoms with van der Waals surface area (Å²) < 4.78 is 11.0. The summed E-state index contributed by atoms with van der Waals surface area (Å²) in [6, 6.07) is 13.9. The lowest BCUT2D eigenvalue weighted by Gasteiger charge is -2.30. The smallest absolute Gasteiger partial charge is 0.338 e. The topological polar surface area (TPSA) is 79.8 Å². The molecule has 3 N–H and O–H groups in total. The molecule has 1 aliphatic rings. The average molecular weight is 398 g/mol. The van der Waals surface area contributed by atoms with E-state index in [1.54, 1.807) is 19.1 Å². The van der Waals surface area contributed by atoms with E-state index >= 15 is 0 Å². The SMILES string of the molecule is CCOc1cc([C@H]2NC(=S)NC(C)=C2C(=O)OCc2ccccc2)ccc1O. The Bertz CT molecular complexity index is 912. The molecule has 7 heteroatoms. The number of rotatable bonds is 6. The number of carbonyl (C=O) groups is 1. The minimum Gasteiger partial charge on any atom is -0.504 e. The Labute approximate surface area is 169 Å². The van der Waals surface area contributed by atoms with Gasteiger partial charge in [0.15, 0.2) is 16.6 Å². The van der Waals surface area contributed by atoms with Crippen LogP contribution in [-0.2, 0) is 16.1 Å². The minimum absolute atomic E-state index is 0.0380. The van der Waals surface area contributed by atoms with Crippen molar-refractivity contribution < 1.29 is 19.4 Å². The highest BCUT2D eigenvalue weighted by atomic mass is 32.1. The van der Waals surface area contributed by atoms with E-state index in [1.807, 2.05) is 37.3 Å². The second-order valence-corrected chi connectivity index (χ2v) is 6.70. The first-order valence-electron chi connectivity index (χ1n) is 8.94. The van der Waals surface area contributed by atoms with Crippen molar-refractivity contribution in [1.82, 2.24) is 10.6 Å². The normalized spacial score (nSPS) is 16.2. The van der Waals surface area contributed by atoms with Crippen molar-refractivity contribution in [2.45, 2.75) is 26.5 Å². The van der Waals surface area contributed by atoms with Crippen LogP contribution in [0.1, 0.15) is 31.0 Å². The molecule has 28 heavy (non-hydrogen) atoms. The van der Waals surface area contributed by atoms with Crippen LogP contribution in [-0.4, -0.2) is 22.8 Å². The number of carbonyl (C=O) groups excluding carboxylic acids is 1. The van der Waals surface area contributed by atoms with E-state index in [0.717, 1.165) is 11.1 Å².